The van der Waals surface area contributed by atoms with Crippen LogP contribution in [-0.2, 0) is 0 Å². The third kappa shape index (κ3) is 4.53. The Hall–Kier alpha value is -2.25. The molecule has 0 saturated heterocycles. The maximum Gasteiger partial charge on any atom is 0.282 e. The lowest BCUT2D eigenvalue weighted by Crippen LogP contribution is -2.31. The van der Waals surface area contributed by atoms with Crippen LogP contribution in [0.25, 0.3) is 0 Å². The maximum atomic E-state index is 12.1. The molecule has 1 heterocycles. The molecule has 1 saturated carbocycles. The van der Waals surface area contributed by atoms with Crippen molar-refractivity contribution in [2.24, 2.45) is 5.92 Å². The number of rotatable bonds is 5. The number of para-hydroxylation sites is 1. The number of anilines is 1. The molecule has 180 valence electrons. The molecule has 1 aliphatic carbocycles. The predicted molar refractivity (Wildman–Crippen MR) is 143 cm³/mol. The number of ketones is 1. The van der Waals surface area contributed by atoms with Gasteiger partial charge in [0.05, 0.1) is 21.2 Å². The first-order valence-corrected chi connectivity index (χ1v) is 13.2. The summed E-state index contributed by atoms with van der Waals surface area (Å²) in [5.41, 5.74) is 3.54. The standard InChI is InChI=1S/C26H21Cl3N2O3S/c1-13(32)14-6-9-20-17(10-14)24-18(26(30-20)16-8-7-15(27)11-19(16)28)12-23(25(24)29)35-22-5-3-2-4-21(22)31(33)34/h2-11,18,23-26,30H,12H2,1H3. The zero-order valence-corrected chi connectivity index (χ0v) is 21.7. The molecule has 0 radical (unpaired) electrons. The summed E-state index contributed by atoms with van der Waals surface area (Å²) in [6.07, 6.45) is 0.718. The normalized spacial score (nSPS) is 24.9. The van der Waals surface area contributed by atoms with Crippen molar-refractivity contribution in [3.8, 4) is 0 Å². The van der Waals surface area contributed by atoms with Gasteiger partial charge in [0.2, 0.25) is 0 Å². The molecule has 3 aromatic carbocycles. The first-order chi connectivity index (χ1) is 16.7. The molecule has 9 heteroatoms. The fraction of sp³-hybridized carbons (Fsp3) is 0.269. The number of alkyl halides is 1. The Labute approximate surface area is 222 Å². The number of halogens is 3. The Kier molecular flexibility index (Phi) is 6.75. The van der Waals surface area contributed by atoms with E-state index in [1.807, 2.05) is 30.3 Å². The molecule has 5 rings (SSSR count). The van der Waals surface area contributed by atoms with Crippen molar-refractivity contribution in [3.63, 3.8) is 0 Å². The van der Waals surface area contributed by atoms with Crippen LogP contribution in [0.1, 0.15) is 46.8 Å². The first-order valence-electron chi connectivity index (χ1n) is 11.1. The summed E-state index contributed by atoms with van der Waals surface area (Å²) in [6, 6.07) is 17.8. The number of fused-ring (bicyclic) bond motifs is 3. The van der Waals surface area contributed by atoms with E-state index < -0.39 is 0 Å². The van der Waals surface area contributed by atoms with Crippen LogP contribution < -0.4 is 5.32 Å². The van der Waals surface area contributed by atoms with Crippen molar-refractivity contribution in [1.82, 2.24) is 0 Å². The number of carbonyl (C=O) groups is 1. The lowest BCUT2D eigenvalue weighted by Gasteiger charge is -2.39. The van der Waals surface area contributed by atoms with Crippen LogP contribution >= 0.6 is 46.6 Å². The Morgan fingerprint density at radius 3 is 2.57 bits per heavy atom. The first kappa shape index (κ1) is 24.4. The van der Waals surface area contributed by atoms with Crippen molar-refractivity contribution >= 4 is 63.7 Å². The molecule has 5 atom stereocenters. The van der Waals surface area contributed by atoms with Crippen LogP contribution in [0.15, 0.2) is 65.6 Å². The Morgan fingerprint density at radius 1 is 1.09 bits per heavy atom. The Morgan fingerprint density at radius 2 is 1.86 bits per heavy atom. The molecule has 2 aliphatic rings. The number of nitro benzene ring substituents is 1. The molecule has 1 fully saturated rings. The quantitative estimate of drug-likeness (QED) is 0.151. The second kappa shape index (κ2) is 9.66. The zero-order valence-electron chi connectivity index (χ0n) is 18.6. The molecule has 35 heavy (non-hydrogen) atoms. The number of nitrogens with one attached hydrogen (secondary N) is 1. The van der Waals surface area contributed by atoms with Gasteiger partial charge in [-0.1, -0.05) is 41.4 Å². The summed E-state index contributed by atoms with van der Waals surface area (Å²) in [7, 11) is 0. The highest BCUT2D eigenvalue weighted by atomic mass is 35.5. The number of hydrogen-bond acceptors (Lipinski definition) is 5. The smallest absolute Gasteiger partial charge is 0.282 e. The van der Waals surface area contributed by atoms with Gasteiger partial charge >= 0.3 is 0 Å². The Balaban J connectivity index is 1.58. The summed E-state index contributed by atoms with van der Waals surface area (Å²) < 4.78 is 0. The number of nitro groups is 1. The highest BCUT2D eigenvalue weighted by Crippen LogP contribution is 2.58. The molecule has 0 aromatic heterocycles. The van der Waals surface area contributed by atoms with E-state index in [9.17, 15) is 14.9 Å². The minimum Gasteiger partial charge on any atom is -0.378 e. The molecular weight excluding hydrogens is 527 g/mol. The SMILES string of the molecule is CC(=O)c1ccc2c(c1)C1C(Cl)C(Sc3ccccc3[N+](=O)[O-])CC1C(c1ccc(Cl)cc1Cl)N2. The van der Waals surface area contributed by atoms with Gasteiger partial charge in [0.15, 0.2) is 5.78 Å². The number of nitrogens with zero attached hydrogens (tertiary/aromatic N) is 1. The van der Waals surface area contributed by atoms with Gasteiger partial charge in [-0.2, -0.15) is 0 Å². The summed E-state index contributed by atoms with van der Waals surface area (Å²) in [5.74, 6) is -0.0162. The maximum absolute atomic E-state index is 12.1. The summed E-state index contributed by atoms with van der Waals surface area (Å²) in [6.45, 7) is 1.55. The van der Waals surface area contributed by atoms with E-state index in [1.54, 1.807) is 31.2 Å². The van der Waals surface area contributed by atoms with Crippen LogP contribution in [0.5, 0.6) is 0 Å². The van der Waals surface area contributed by atoms with Gasteiger partial charge in [0, 0.05) is 38.5 Å². The lowest BCUT2D eigenvalue weighted by atomic mass is 9.76. The van der Waals surface area contributed by atoms with Gasteiger partial charge in [-0.3, -0.25) is 14.9 Å². The molecule has 0 amide bonds. The largest absolute Gasteiger partial charge is 0.378 e. The van der Waals surface area contributed by atoms with Gasteiger partial charge in [-0.05, 0) is 66.8 Å². The van der Waals surface area contributed by atoms with Gasteiger partial charge in [0.25, 0.3) is 5.69 Å². The number of hydrogen-bond donors (Lipinski definition) is 1. The summed E-state index contributed by atoms with van der Waals surface area (Å²) >= 11 is 21.4. The van der Waals surface area contributed by atoms with E-state index >= 15 is 0 Å². The van der Waals surface area contributed by atoms with Crippen molar-refractivity contribution in [1.29, 1.82) is 0 Å². The van der Waals surface area contributed by atoms with E-state index in [0.29, 0.717) is 20.5 Å². The zero-order chi connectivity index (χ0) is 24.9. The van der Waals surface area contributed by atoms with E-state index in [4.69, 9.17) is 34.8 Å². The summed E-state index contributed by atoms with van der Waals surface area (Å²) in [5, 5.41) is 16.0. The molecule has 0 spiro atoms. The van der Waals surface area contributed by atoms with Crippen molar-refractivity contribution in [2.75, 3.05) is 5.32 Å². The molecule has 5 nitrogen and oxygen atoms in total. The van der Waals surface area contributed by atoms with Crippen molar-refractivity contribution < 1.29 is 9.72 Å². The average Bonchev–Trinajstić information content (AvgIpc) is 3.15. The predicted octanol–water partition coefficient (Wildman–Crippen LogP) is 8.14. The number of carbonyl (C=O) groups excluding carboxylic acids is 1. The van der Waals surface area contributed by atoms with E-state index in [1.165, 1.54) is 17.8 Å². The van der Waals surface area contributed by atoms with Crippen LogP contribution in [0.3, 0.4) is 0 Å². The fourth-order valence-corrected chi connectivity index (χ4v) is 7.74. The molecular formula is C26H21Cl3N2O3S. The van der Waals surface area contributed by atoms with Crippen LogP contribution in [0.2, 0.25) is 10.0 Å². The molecule has 3 aromatic rings. The topological polar surface area (TPSA) is 72.2 Å². The van der Waals surface area contributed by atoms with Crippen LogP contribution in [-0.4, -0.2) is 21.3 Å². The van der Waals surface area contributed by atoms with Crippen molar-refractivity contribution in [2.45, 2.75) is 40.8 Å². The molecule has 1 aliphatic heterocycles. The van der Waals surface area contributed by atoms with Crippen molar-refractivity contribution in [3.05, 3.63) is 97.5 Å². The molecule has 1 N–H and O–H groups in total. The lowest BCUT2D eigenvalue weighted by molar-refractivity contribution is -0.387. The molecule has 0 bridgehead atoms. The van der Waals surface area contributed by atoms with Gasteiger partial charge < -0.3 is 5.32 Å². The van der Waals surface area contributed by atoms with E-state index in [-0.39, 0.29) is 44.9 Å². The highest BCUT2D eigenvalue weighted by molar-refractivity contribution is 8.00. The van der Waals surface area contributed by atoms with Gasteiger partial charge in [0.1, 0.15) is 0 Å². The van der Waals surface area contributed by atoms with Gasteiger partial charge in [-0.15, -0.1) is 23.4 Å². The Bertz CT molecular complexity index is 1330. The average molecular weight is 548 g/mol. The van der Waals surface area contributed by atoms with Gasteiger partial charge in [-0.25, -0.2) is 0 Å². The fourth-order valence-electron chi connectivity index (χ4n) is 5.27. The number of Topliss-reactive ketones (excluding diaryl/α,β-unsaturated/α-hetero) is 1. The monoisotopic (exact) mass is 546 g/mol. The van der Waals surface area contributed by atoms with Crippen LogP contribution in [0, 0.1) is 16.0 Å². The molecule has 5 unspecified atom stereocenters. The van der Waals surface area contributed by atoms with E-state index in [2.05, 4.69) is 5.32 Å². The number of thioether (sulfide) groups is 1. The minimum absolute atomic E-state index is 0.0119. The third-order valence-corrected chi connectivity index (χ3v) is 9.53. The van der Waals surface area contributed by atoms with Crippen LogP contribution in [0.4, 0.5) is 11.4 Å². The second-order valence-corrected chi connectivity index (χ2v) is 11.5. The number of benzene rings is 3. The second-order valence-electron chi connectivity index (χ2n) is 8.90. The van der Waals surface area contributed by atoms with E-state index in [0.717, 1.165) is 23.2 Å². The summed E-state index contributed by atoms with van der Waals surface area (Å²) in [4.78, 5) is 23.9. The minimum atomic E-state index is -0.361. The third-order valence-electron chi connectivity index (χ3n) is 6.86. The highest BCUT2D eigenvalue weighted by Gasteiger charge is 2.50.